The van der Waals surface area contributed by atoms with Gasteiger partial charge >= 0.3 is 0 Å². The van der Waals surface area contributed by atoms with E-state index in [0.717, 1.165) is 67.0 Å². The molecule has 7 heteroatoms. The van der Waals surface area contributed by atoms with Gasteiger partial charge in [-0.3, -0.25) is 20.1 Å². The number of rotatable bonds is 6. The van der Waals surface area contributed by atoms with E-state index in [-0.39, 0.29) is 0 Å². The predicted molar refractivity (Wildman–Crippen MR) is 149 cm³/mol. The molecule has 180 valence electrons. The van der Waals surface area contributed by atoms with Gasteiger partial charge in [-0.05, 0) is 72.4 Å². The van der Waals surface area contributed by atoms with Crippen molar-refractivity contribution in [2.75, 3.05) is 6.54 Å². The molecule has 0 atom stereocenters. The molecule has 1 aromatic carbocycles. The average Bonchev–Trinajstić information content (AvgIpc) is 3.63. The van der Waals surface area contributed by atoms with Crippen LogP contribution in [-0.2, 0) is 0 Å². The Morgan fingerprint density at radius 1 is 0.919 bits per heavy atom. The maximum atomic E-state index is 4.68. The number of aliphatic imine (C=N–C) groups is 1. The second kappa shape index (κ2) is 8.71. The Hall–Kier alpha value is -4.78. The van der Waals surface area contributed by atoms with Crippen molar-refractivity contribution in [1.82, 2.24) is 30.5 Å². The third-order valence-corrected chi connectivity index (χ3v) is 6.99. The topological polar surface area (TPSA) is 94.6 Å². The van der Waals surface area contributed by atoms with Crippen molar-refractivity contribution >= 4 is 33.6 Å². The fourth-order valence-corrected chi connectivity index (χ4v) is 4.87. The number of hydrogen-bond acceptors (Lipinski definition) is 5. The van der Waals surface area contributed by atoms with Crippen LogP contribution in [0.25, 0.3) is 50.0 Å². The zero-order valence-corrected chi connectivity index (χ0v) is 20.2. The Labute approximate surface area is 213 Å². The molecule has 7 nitrogen and oxygen atoms in total. The minimum Gasteiger partial charge on any atom is -0.358 e. The van der Waals surface area contributed by atoms with Gasteiger partial charge in [-0.15, -0.1) is 0 Å². The smallest absolute Gasteiger partial charge is 0.116 e. The largest absolute Gasteiger partial charge is 0.358 e. The van der Waals surface area contributed by atoms with Crippen LogP contribution in [0, 0.1) is 5.92 Å². The van der Waals surface area contributed by atoms with Crippen molar-refractivity contribution in [3.05, 3.63) is 96.7 Å². The zero-order chi connectivity index (χ0) is 24.8. The lowest BCUT2D eigenvalue weighted by Gasteiger charge is -2.10. The SMILES string of the molecule is C=C(NC1=CC(c2ccc3[nH]nc(-c4cc5c(-c6ccncc6)nccc5[nH]4)c3c2)=CCN=C1)C1CC1. The monoisotopic (exact) mass is 483 g/mol. The van der Waals surface area contributed by atoms with E-state index >= 15 is 0 Å². The molecule has 1 aliphatic heterocycles. The van der Waals surface area contributed by atoms with E-state index in [0.29, 0.717) is 12.5 Å². The molecular formula is C30H25N7. The molecule has 5 heterocycles. The molecule has 1 fully saturated rings. The van der Waals surface area contributed by atoms with Gasteiger partial charge in [0.15, 0.2) is 0 Å². The molecule has 37 heavy (non-hydrogen) atoms. The van der Waals surface area contributed by atoms with Crippen LogP contribution in [0.3, 0.4) is 0 Å². The summed E-state index contributed by atoms with van der Waals surface area (Å²) >= 11 is 0. The fraction of sp³-hybridized carbons (Fsp3) is 0.133. The molecule has 3 N–H and O–H groups in total. The third kappa shape index (κ3) is 4.04. The molecule has 5 aromatic rings. The van der Waals surface area contributed by atoms with E-state index in [4.69, 9.17) is 0 Å². The summed E-state index contributed by atoms with van der Waals surface area (Å²) < 4.78 is 0. The summed E-state index contributed by atoms with van der Waals surface area (Å²) in [6.45, 7) is 4.84. The molecule has 0 radical (unpaired) electrons. The quantitative estimate of drug-likeness (QED) is 0.275. The van der Waals surface area contributed by atoms with E-state index in [2.05, 4.69) is 78.5 Å². The second-order valence-corrected chi connectivity index (χ2v) is 9.55. The zero-order valence-electron chi connectivity index (χ0n) is 20.2. The van der Waals surface area contributed by atoms with E-state index in [9.17, 15) is 0 Å². The molecule has 0 unspecified atom stereocenters. The van der Waals surface area contributed by atoms with Crippen molar-refractivity contribution in [1.29, 1.82) is 0 Å². The van der Waals surface area contributed by atoms with Crippen LogP contribution < -0.4 is 5.32 Å². The lowest BCUT2D eigenvalue weighted by molar-refractivity contribution is 0.874. The van der Waals surface area contributed by atoms with Gasteiger partial charge in [0.1, 0.15) is 5.69 Å². The van der Waals surface area contributed by atoms with Crippen LogP contribution in [0.4, 0.5) is 0 Å². The highest BCUT2D eigenvalue weighted by Crippen LogP contribution is 2.36. The lowest BCUT2D eigenvalue weighted by Crippen LogP contribution is -2.14. The standard InChI is InChI=1S/C30H25N7/c1-18(19-2-3-19)34-23-14-22(8-12-32-17-23)21-4-5-27-24(15-21)30(37-36-27)28-16-25-26(35-28)9-13-33-29(25)20-6-10-31-11-7-20/h4-11,13-17,19,34-35H,1-3,12H2,(H,36,37). The lowest BCUT2D eigenvalue weighted by atomic mass is 10.0. The van der Waals surface area contributed by atoms with E-state index in [1.807, 2.05) is 30.6 Å². The van der Waals surface area contributed by atoms with Gasteiger partial charge in [-0.2, -0.15) is 5.10 Å². The maximum Gasteiger partial charge on any atom is 0.116 e. The number of hydrogen-bond donors (Lipinski definition) is 3. The molecule has 0 amide bonds. The van der Waals surface area contributed by atoms with Gasteiger partial charge in [-0.1, -0.05) is 18.7 Å². The van der Waals surface area contributed by atoms with Crippen LogP contribution >= 0.6 is 0 Å². The summed E-state index contributed by atoms with van der Waals surface area (Å²) in [4.78, 5) is 16.9. The third-order valence-electron chi connectivity index (χ3n) is 6.99. The first-order valence-corrected chi connectivity index (χ1v) is 12.5. The molecule has 0 spiro atoms. The van der Waals surface area contributed by atoms with Gasteiger partial charge in [-0.25, -0.2) is 0 Å². The second-order valence-electron chi connectivity index (χ2n) is 9.55. The number of benzene rings is 1. The highest BCUT2D eigenvalue weighted by Gasteiger charge is 2.25. The first-order valence-electron chi connectivity index (χ1n) is 12.5. The van der Waals surface area contributed by atoms with Gasteiger partial charge in [0, 0.05) is 52.4 Å². The van der Waals surface area contributed by atoms with Crippen LogP contribution in [0.15, 0.2) is 96.2 Å². The average molecular weight is 484 g/mol. The molecule has 0 saturated heterocycles. The van der Waals surface area contributed by atoms with Crippen molar-refractivity contribution in [2.45, 2.75) is 12.8 Å². The first kappa shape index (κ1) is 21.5. The van der Waals surface area contributed by atoms with Crippen LogP contribution in [0.5, 0.6) is 0 Å². The van der Waals surface area contributed by atoms with Crippen molar-refractivity contribution in [3.63, 3.8) is 0 Å². The van der Waals surface area contributed by atoms with Crippen molar-refractivity contribution < 1.29 is 0 Å². The summed E-state index contributed by atoms with van der Waals surface area (Å²) in [5.74, 6) is 0.584. The Morgan fingerprint density at radius 2 is 1.78 bits per heavy atom. The van der Waals surface area contributed by atoms with Gasteiger partial charge in [0.25, 0.3) is 0 Å². The Bertz CT molecular complexity index is 1750. The van der Waals surface area contributed by atoms with Gasteiger partial charge < -0.3 is 10.3 Å². The molecule has 0 bridgehead atoms. The Balaban J connectivity index is 1.28. The number of aromatic amines is 2. The van der Waals surface area contributed by atoms with Gasteiger partial charge in [0.2, 0.25) is 0 Å². The number of nitrogens with one attached hydrogen (secondary N) is 3. The number of H-pyrrole nitrogens is 2. The molecular weight excluding hydrogens is 458 g/mol. The molecule has 2 aliphatic rings. The molecule has 1 aliphatic carbocycles. The van der Waals surface area contributed by atoms with E-state index in [1.54, 1.807) is 12.4 Å². The minimum atomic E-state index is 0.584. The van der Waals surface area contributed by atoms with Crippen LogP contribution in [-0.4, -0.2) is 37.9 Å². The Morgan fingerprint density at radius 3 is 2.65 bits per heavy atom. The summed E-state index contributed by atoms with van der Waals surface area (Å²) in [5, 5.41) is 13.4. The summed E-state index contributed by atoms with van der Waals surface area (Å²) in [6.07, 6.45) is 14.0. The van der Waals surface area contributed by atoms with Crippen molar-refractivity contribution in [3.8, 4) is 22.6 Å². The maximum absolute atomic E-state index is 4.68. The number of allylic oxidation sites excluding steroid dienone is 4. The first-order chi connectivity index (χ1) is 18.2. The normalized spacial score (nSPS) is 15.5. The number of nitrogens with zero attached hydrogens (tertiary/aromatic N) is 4. The van der Waals surface area contributed by atoms with Gasteiger partial charge in [0.05, 0.1) is 29.1 Å². The van der Waals surface area contributed by atoms with Crippen LogP contribution in [0.1, 0.15) is 18.4 Å². The number of pyridine rings is 2. The number of fused-ring (bicyclic) bond motifs is 2. The van der Waals surface area contributed by atoms with E-state index in [1.165, 1.54) is 12.8 Å². The fourth-order valence-electron chi connectivity index (χ4n) is 4.87. The minimum absolute atomic E-state index is 0.584. The Kier molecular flexibility index (Phi) is 5.06. The van der Waals surface area contributed by atoms with Crippen LogP contribution in [0.2, 0.25) is 0 Å². The highest BCUT2D eigenvalue weighted by atomic mass is 15.1. The molecule has 7 rings (SSSR count). The summed E-state index contributed by atoms with van der Waals surface area (Å²) in [7, 11) is 0. The summed E-state index contributed by atoms with van der Waals surface area (Å²) in [5.41, 5.74) is 10.1. The van der Waals surface area contributed by atoms with E-state index < -0.39 is 0 Å². The molecule has 1 saturated carbocycles. The van der Waals surface area contributed by atoms with Crippen molar-refractivity contribution in [2.24, 2.45) is 10.9 Å². The highest BCUT2D eigenvalue weighted by molar-refractivity contribution is 6.01. The summed E-state index contributed by atoms with van der Waals surface area (Å²) in [6, 6.07) is 14.5. The number of aromatic nitrogens is 5. The molecule has 4 aromatic heterocycles. The predicted octanol–water partition coefficient (Wildman–Crippen LogP) is 6.03.